The molecule has 1 aromatic carbocycles. The zero-order valence-corrected chi connectivity index (χ0v) is 14.7. The number of nitrogens with one attached hydrogen (secondary N) is 1. The molecule has 23 heavy (non-hydrogen) atoms. The lowest BCUT2D eigenvalue weighted by Crippen LogP contribution is -2.08. The van der Waals surface area contributed by atoms with Crippen LogP contribution in [0.25, 0.3) is 10.9 Å². The van der Waals surface area contributed by atoms with Crippen LogP contribution in [-0.2, 0) is 6.42 Å². The minimum atomic E-state index is 0.141. The molecule has 2 heterocycles. The SMILES string of the molecule is CCc1nc(C(C)Nc2cc(C)nc3c(OC)cccc23)cs1. The summed E-state index contributed by atoms with van der Waals surface area (Å²) in [6.45, 7) is 6.27. The molecule has 0 amide bonds. The number of ether oxygens (including phenoxy) is 1. The van der Waals surface area contributed by atoms with E-state index in [9.17, 15) is 0 Å². The first-order chi connectivity index (χ1) is 11.1. The van der Waals surface area contributed by atoms with E-state index in [1.807, 2.05) is 19.1 Å². The van der Waals surface area contributed by atoms with Gasteiger partial charge >= 0.3 is 0 Å². The van der Waals surface area contributed by atoms with Gasteiger partial charge in [0.1, 0.15) is 11.3 Å². The summed E-state index contributed by atoms with van der Waals surface area (Å²) in [5, 5.41) is 7.95. The van der Waals surface area contributed by atoms with Crippen LogP contribution in [0.3, 0.4) is 0 Å². The van der Waals surface area contributed by atoms with Crippen LogP contribution in [0.2, 0.25) is 0 Å². The number of rotatable bonds is 5. The molecule has 0 bridgehead atoms. The van der Waals surface area contributed by atoms with Crippen molar-refractivity contribution >= 4 is 27.9 Å². The molecule has 1 atom stereocenters. The van der Waals surface area contributed by atoms with Crippen molar-refractivity contribution in [3.8, 4) is 5.75 Å². The lowest BCUT2D eigenvalue weighted by Gasteiger charge is -2.16. The predicted octanol–water partition coefficient (Wildman–Crippen LogP) is 4.74. The maximum atomic E-state index is 5.44. The van der Waals surface area contributed by atoms with Crippen LogP contribution in [0.4, 0.5) is 5.69 Å². The lowest BCUT2D eigenvalue weighted by molar-refractivity contribution is 0.419. The molecular formula is C18H21N3OS. The summed E-state index contributed by atoms with van der Waals surface area (Å²) >= 11 is 1.72. The number of aryl methyl sites for hydroxylation is 2. The molecule has 4 nitrogen and oxygen atoms in total. The van der Waals surface area contributed by atoms with E-state index in [2.05, 4.69) is 46.6 Å². The maximum Gasteiger partial charge on any atom is 0.145 e. The van der Waals surface area contributed by atoms with Crippen LogP contribution in [0.5, 0.6) is 5.75 Å². The first-order valence-electron chi connectivity index (χ1n) is 7.77. The van der Waals surface area contributed by atoms with Crippen molar-refractivity contribution in [3.05, 3.63) is 46.0 Å². The smallest absolute Gasteiger partial charge is 0.145 e. The van der Waals surface area contributed by atoms with Gasteiger partial charge in [-0.1, -0.05) is 19.1 Å². The Bertz CT molecular complexity index is 828. The third-order valence-electron chi connectivity index (χ3n) is 3.84. The third kappa shape index (κ3) is 3.15. The van der Waals surface area contributed by atoms with Crippen molar-refractivity contribution in [1.29, 1.82) is 0 Å². The highest BCUT2D eigenvalue weighted by Gasteiger charge is 2.13. The molecule has 2 aromatic heterocycles. The van der Waals surface area contributed by atoms with Crippen molar-refractivity contribution in [2.75, 3.05) is 12.4 Å². The van der Waals surface area contributed by atoms with Gasteiger partial charge in [-0.2, -0.15) is 0 Å². The molecule has 120 valence electrons. The van der Waals surface area contributed by atoms with Crippen LogP contribution in [0.15, 0.2) is 29.6 Å². The van der Waals surface area contributed by atoms with E-state index in [1.165, 1.54) is 5.01 Å². The van der Waals surface area contributed by atoms with Crippen molar-refractivity contribution in [2.24, 2.45) is 0 Å². The van der Waals surface area contributed by atoms with Crippen molar-refractivity contribution in [3.63, 3.8) is 0 Å². The molecule has 0 fully saturated rings. The second-order valence-electron chi connectivity index (χ2n) is 5.55. The van der Waals surface area contributed by atoms with Gasteiger partial charge in [-0.05, 0) is 32.4 Å². The first-order valence-corrected chi connectivity index (χ1v) is 8.65. The second-order valence-corrected chi connectivity index (χ2v) is 6.50. The first kappa shape index (κ1) is 15.7. The molecule has 3 rings (SSSR count). The topological polar surface area (TPSA) is 47.0 Å². The molecule has 0 radical (unpaired) electrons. The van der Waals surface area contributed by atoms with Crippen LogP contribution in [0.1, 0.15) is 36.3 Å². The number of thiazole rings is 1. The fourth-order valence-electron chi connectivity index (χ4n) is 2.63. The van der Waals surface area contributed by atoms with E-state index < -0.39 is 0 Å². The Hall–Kier alpha value is -2.14. The molecule has 0 saturated heterocycles. The summed E-state index contributed by atoms with van der Waals surface area (Å²) in [5.41, 5.74) is 3.99. The van der Waals surface area contributed by atoms with Crippen LogP contribution >= 0.6 is 11.3 Å². The zero-order chi connectivity index (χ0) is 16.4. The number of hydrogen-bond acceptors (Lipinski definition) is 5. The van der Waals surface area contributed by atoms with E-state index in [0.29, 0.717) is 0 Å². The highest BCUT2D eigenvalue weighted by Crippen LogP contribution is 2.32. The number of benzene rings is 1. The summed E-state index contributed by atoms with van der Waals surface area (Å²) < 4.78 is 5.44. The fraction of sp³-hybridized carbons (Fsp3) is 0.333. The Balaban J connectivity index is 1.99. The minimum Gasteiger partial charge on any atom is -0.494 e. The number of anilines is 1. The third-order valence-corrected chi connectivity index (χ3v) is 4.85. The number of fused-ring (bicyclic) bond motifs is 1. The summed E-state index contributed by atoms with van der Waals surface area (Å²) in [6, 6.07) is 8.22. The molecule has 1 N–H and O–H groups in total. The van der Waals surface area contributed by atoms with Gasteiger partial charge in [-0.3, -0.25) is 0 Å². The highest BCUT2D eigenvalue weighted by atomic mass is 32.1. The van der Waals surface area contributed by atoms with Gasteiger partial charge in [-0.25, -0.2) is 9.97 Å². The standard InChI is InChI=1S/C18H21N3OS/c1-5-17-21-15(10-23-17)12(3)20-14-9-11(2)19-18-13(14)7-6-8-16(18)22-4/h6-10,12H,5H2,1-4H3,(H,19,20). The second kappa shape index (κ2) is 6.54. The Morgan fingerprint density at radius 3 is 2.83 bits per heavy atom. The van der Waals surface area contributed by atoms with Gasteiger partial charge in [0.15, 0.2) is 0 Å². The average Bonchev–Trinajstić information content (AvgIpc) is 3.03. The molecule has 0 aliphatic rings. The Kier molecular flexibility index (Phi) is 4.48. The molecule has 1 unspecified atom stereocenters. The summed E-state index contributed by atoms with van der Waals surface area (Å²) in [6.07, 6.45) is 0.978. The van der Waals surface area contributed by atoms with E-state index in [1.54, 1.807) is 18.4 Å². The van der Waals surface area contributed by atoms with Crippen LogP contribution < -0.4 is 10.1 Å². The van der Waals surface area contributed by atoms with Crippen molar-refractivity contribution in [1.82, 2.24) is 9.97 Å². The predicted molar refractivity (Wildman–Crippen MR) is 96.6 cm³/mol. The number of hydrogen-bond donors (Lipinski definition) is 1. The van der Waals surface area contributed by atoms with E-state index in [0.717, 1.165) is 40.1 Å². The number of aromatic nitrogens is 2. The van der Waals surface area contributed by atoms with Gasteiger partial charge in [0.05, 0.1) is 23.9 Å². The Morgan fingerprint density at radius 2 is 2.13 bits per heavy atom. The van der Waals surface area contributed by atoms with Crippen molar-refractivity contribution < 1.29 is 4.74 Å². The van der Waals surface area contributed by atoms with Gasteiger partial charge < -0.3 is 10.1 Å². The zero-order valence-electron chi connectivity index (χ0n) is 13.9. The Morgan fingerprint density at radius 1 is 1.30 bits per heavy atom. The number of para-hydroxylation sites is 1. The molecule has 0 aliphatic carbocycles. The van der Waals surface area contributed by atoms with Crippen LogP contribution in [0, 0.1) is 6.92 Å². The quantitative estimate of drug-likeness (QED) is 0.735. The van der Waals surface area contributed by atoms with E-state index in [-0.39, 0.29) is 6.04 Å². The molecule has 3 aromatic rings. The Labute approximate surface area is 140 Å². The molecule has 0 aliphatic heterocycles. The maximum absolute atomic E-state index is 5.44. The van der Waals surface area contributed by atoms with Crippen LogP contribution in [-0.4, -0.2) is 17.1 Å². The van der Waals surface area contributed by atoms with Gasteiger partial charge in [0.25, 0.3) is 0 Å². The van der Waals surface area contributed by atoms with Gasteiger partial charge in [0, 0.05) is 22.1 Å². The van der Waals surface area contributed by atoms with Gasteiger partial charge in [0.2, 0.25) is 0 Å². The summed E-state index contributed by atoms with van der Waals surface area (Å²) in [4.78, 5) is 9.30. The largest absolute Gasteiger partial charge is 0.494 e. The molecule has 0 spiro atoms. The highest BCUT2D eigenvalue weighted by molar-refractivity contribution is 7.09. The summed E-state index contributed by atoms with van der Waals surface area (Å²) in [7, 11) is 1.68. The number of pyridine rings is 1. The van der Waals surface area contributed by atoms with E-state index in [4.69, 9.17) is 4.74 Å². The van der Waals surface area contributed by atoms with E-state index >= 15 is 0 Å². The average molecular weight is 327 g/mol. The number of nitrogens with zero attached hydrogens (tertiary/aromatic N) is 2. The number of methoxy groups -OCH3 is 1. The fourth-order valence-corrected chi connectivity index (χ4v) is 3.47. The normalized spacial score (nSPS) is 12.3. The summed E-state index contributed by atoms with van der Waals surface area (Å²) in [5.74, 6) is 0.795. The van der Waals surface area contributed by atoms with Crippen molar-refractivity contribution in [2.45, 2.75) is 33.2 Å². The molecule has 0 saturated carbocycles. The molecule has 5 heteroatoms. The lowest BCUT2D eigenvalue weighted by atomic mass is 10.1. The minimum absolute atomic E-state index is 0.141. The molecular weight excluding hydrogens is 306 g/mol. The monoisotopic (exact) mass is 327 g/mol. The van der Waals surface area contributed by atoms with Gasteiger partial charge in [-0.15, -0.1) is 11.3 Å².